The second-order valence-electron chi connectivity index (χ2n) is 7.27. The molecule has 0 radical (unpaired) electrons. The zero-order chi connectivity index (χ0) is 17.0. The molecule has 0 amide bonds. The van der Waals surface area contributed by atoms with Gasteiger partial charge in [-0.15, -0.1) is 0 Å². The third-order valence-corrected chi connectivity index (χ3v) is 4.87. The topological polar surface area (TPSA) is 3.24 Å². The van der Waals surface area contributed by atoms with Gasteiger partial charge >= 0.3 is 0 Å². The van der Waals surface area contributed by atoms with Gasteiger partial charge in [0.1, 0.15) is 0 Å². The quantitative estimate of drug-likeness (QED) is 0.271. The van der Waals surface area contributed by atoms with E-state index in [0.29, 0.717) is 12.3 Å². The Kier molecular flexibility index (Phi) is 10.5. The van der Waals surface area contributed by atoms with Crippen LogP contribution in [-0.2, 0) is 0 Å². The first-order valence-electron chi connectivity index (χ1n) is 9.90. The van der Waals surface area contributed by atoms with Crippen LogP contribution in [0.5, 0.6) is 0 Å². The van der Waals surface area contributed by atoms with E-state index in [9.17, 15) is 0 Å². The minimum absolute atomic E-state index is 0.499. The van der Waals surface area contributed by atoms with Crippen molar-refractivity contribution in [1.82, 2.24) is 4.90 Å². The molecule has 1 rings (SSSR count). The zero-order valence-corrected chi connectivity index (χ0v) is 15.7. The molecule has 1 aliphatic rings. The molecule has 2 atom stereocenters. The number of hydrogen-bond donors (Lipinski definition) is 0. The summed E-state index contributed by atoms with van der Waals surface area (Å²) in [4.78, 5) is 2.10. The maximum atomic E-state index is 15.3. The van der Waals surface area contributed by atoms with E-state index >= 15 is 4.39 Å². The second kappa shape index (κ2) is 11.8. The van der Waals surface area contributed by atoms with E-state index in [1.54, 1.807) is 6.08 Å². The maximum absolute atomic E-state index is 15.3. The van der Waals surface area contributed by atoms with Gasteiger partial charge in [0.25, 0.3) is 0 Å². The van der Waals surface area contributed by atoms with E-state index in [2.05, 4.69) is 25.7 Å². The van der Waals surface area contributed by atoms with Gasteiger partial charge in [-0.2, -0.15) is 0 Å². The molecule has 0 aromatic carbocycles. The summed E-state index contributed by atoms with van der Waals surface area (Å²) >= 11 is 0. The van der Waals surface area contributed by atoms with Crippen LogP contribution >= 0.6 is 0 Å². The Bertz CT molecular complexity index is 350. The van der Waals surface area contributed by atoms with Crippen LogP contribution in [0.15, 0.2) is 24.3 Å². The van der Waals surface area contributed by atoms with Crippen molar-refractivity contribution >= 4 is 0 Å². The molecular weight excluding hydrogens is 285 g/mol. The van der Waals surface area contributed by atoms with Gasteiger partial charge in [-0.1, -0.05) is 83.9 Å². The van der Waals surface area contributed by atoms with Crippen molar-refractivity contribution in [2.45, 2.75) is 90.8 Å². The molecule has 0 saturated heterocycles. The molecule has 1 nitrogen and oxygen atoms in total. The lowest BCUT2D eigenvalue weighted by molar-refractivity contribution is -0.00198. The smallest absolute Gasteiger partial charge is 0.186 e. The Morgan fingerprint density at radius 2 is 1.70 bits per heavy atom. The van der Waals surface area contributed by atoms with Crippen molar-refractivity contribution in [3.05, 3.63) is 24.3 Å². The number of halogens is 1. The average molecular weight is 324 g/mol. The van der Waals surface area contributed by atoms with Gasteiger partial charge in [-0.05, 0) is 24.8 Å². The number of alkyl halides is 1. The Hall–Kier alpha value is -0.630. The SMILES string of the molecule is CCCCCCCCCN(CC(C)CCC)C1(F)C=CC=CC1. The van der Waals surface area contributed by atoms with Crippen molar-refractivity contribution in [3.63, 3.8) is 0 Å². The van der Waals surface area contributed by atoms with Crippen molar-refractivity contribution in [2.75, 3.05) is 13.1 Å². The summed E-state index contributed by atoms with van der Waals surface area (Å²) < 4.78 is 15.3. The Morgan fingerprint density at radius 3 is 2.30 bits per heavy atom. The van der Waals surface area contributed by atoms with Crippen LogP contribution in [0.25, 0.3) is 0 Å². The lowest BCUT2D eigenvalue weighted by atomic mass is 9.99. The second-order valence-corrected chi connectivity index (χ2v) is 7.27. The van der Waals surface area contributed by atoms with Gasteiger partial charge in [0.05, 0.1) is 0 Å². The highest BCUT2D eigenvalue weighted by Gasteiger charge is 2.34. The summed E-state index contributed by atoms with van der Waals surface area (Å²) in [5, 5.41) is 0. The molecule has 0 heterocycles. The van der Waals surface area contributed by atoms with Gasteiger partial charge < -0.3 is 0 Å². The van der Waals surface area contributed by atoms with Crippen molar-refractivity contribution in [2.24, 2.45) is 5.92 Å². The highest BCUT2D eigenvalue weighted by molar-refractivity contribution is 5.17. The molecule has 0 bridgehead atoms. The van der Waals surface area contributed by atoms with Crippen LogP contribution in [0.1, 0.15) is 85.0 Å². The fraction of sp³-hybridized carbons (Fsp3) is 0.810. The lowest BCUT2D eigenvalue weighted by Crippen LogP contribution is -2.46. The summed E-state index contributed by atoms with van der Waals surface area (Å²) in [5.74, 6) is -0.699. The monoisotopic (exact) mass is 323 g/mol. The lowest BCUT2D eigenvalue weighted by Gasteiger charge is -2.37. The first-order chi connectivity index (χ1) is 11.1. The Morgan fingerprint density at radius 1 is 1.00 bits per heavy atom. The molecule has 0 fully saturated rings. The van der Waals surface area contributed by atoms with Crippen LogP contribution in [0.3, 0.4) is 0 Å². The maximum Gasteiger partial charge on any atom is 0.186 e. The van der Waals surface area contributed by atoms with Gasteiger partial charge in [-0.3, -0.25) is 4.90 Å². The zero-order valence-electron chi connectivity index (χ0n) is 15.7. The third kappa shape index (κ3) is 8.15. The van der Waals surface area contributed by atoms with Gasteiger partial charge in [0.2, 0.25) is 0 Å². The number of allylic oxidation sites excluding steroid dienone is 2. The number of nitrogens with zero attached hydrogens (tertiary/aromatic N) is 1. The molecule has 1 aliphatic carbocycles. The predicted molar refractivity (Wildman–Crippen MR) is 100 cm³/mol. The number of rotatable bonds is 13. The highest BCUT2D eigenvalue weighted by Crippen LogP contribution is 2.29. The average Bonchev–Trinajstić information content (AvgIpc) is 2.54. The standard InChI is InChI=1S/C21H38FN/c1-4-6-7-8-9-10-14-18-23(19-20(3)15-5-2)21(22)16-12-11-13-17-21/h11-13,16,20H,4-10,14-15,17-19H2,1-3H3. The molecule has 2 unspecified atom stereocenters. The molecule has 0 spiro atoms. The predicted octanol–water partition coefficient (Wildman–Crippen LogP) is 6.66. The van der Waals surface area contributed by atoms with Gasteiger partial charge in [0, 0.05) is 19.5 Å². The Labute approximate surface area is 144 Å². The Balaban J connectivity index is 2.42. The normalized spacial score (nSPS) is 22.0. The van der Waals surface area contributed by atoms with E-state index in [1.807, 2.05) is 18.2 Å². The van der Waals surface area contributed by atoms with E-state index in [4.69, 9.17) is 0 Å². The molecule has 0 aromatic heterocycles. The van der Waals surface area contributed by atoms with E-state index in [-0.39, 0.29) is 0 Å². The van der Waals surface area contributed by atoms with E-state index in [1.165, 1.54) is 51.4 Å². The molecule has 2 heteroatoms. The number of unbranched alkanes of at least 4 members (excludes halogenated alkanes) is 6. The van der Waals surface area contributed by atoms with Crippen molar-refractivity contribution in [3.8, 4) is 0 Å². The summed E-state index contributed by atoms with van der Waals surface area (Å²) in [6.07, 6.45) is 19.4. The first-order valence-corrected chi connectivity index (χ1v) is 9.90. The molecule has 0 N–H and O–H groups in total. The summed E-state index contributed by atoms with van der Waals surface area (Å²) in [7, 11) is 0. The molecule has 23 heavy (non-hydrogen) atoms. The molecule has 134 valence electrons. The van der Waals surface area contributed by atoms with Crippen LogP contribution in [0.2, 0.25) is 0 Å². The van der Waals surface area contributed by atoms with Gasteiger partial charge in [0.15, 0.2) is 5.79 Å². The summed E-state index contributed by atoms with van der Waals surface area (Å²) in [6.45, 7) is 8.48. The van der Waals surface area contributed by atoms with E-state index < -0.39 is 5.79 Å². The summed E-state index contributed by atoms with van der Waals surface area (Å²) in [6, 6.07) is 0. The third-order valence-electron chi connectivity index (χ3n) is 4.87. The van der Waals surface area contributed by atoms with Crippen LogP contribution < -0.4 is 0 Å². The highest BCUT2D eigenvalue weighted by atomic mass is 19.1. The number of hydrogen-bond acceptors (Lipinski definition) is 1. The van der Waals surface area contributed by atoms with Crippen LogP contribution in [0, 0.1) is 5.92 Å². The van der Waals surface area contributed by atoms with Crippen LogP contribution in [-0.4, -0.2) is 23.8 Å². The van der Waals surface area contributed by atoms with Crippen molar-refractivity contribution < 1.29 is 4.39 Å². The summed E-state index contributed by atoms with van der Waals surface area (Å²) in [5.41, 5.74) is 0. The molecule has 0 aliphatic heterocycles. The largest absolute Gasteiger partial charge is 0.268 e. The van der Waals surface area contributed by atoms with Crippen molar-refractivity contribution in [1.29, 1.82) is 0 Å². The minimum atomic E-state index is -1.26. The van der Waals surface area contributed by atoms with Crippen LogP contribution in [0.4, 0.5) is 4.39 Å². The molecular formula is C21H38FN. The van der Waals surface area contributed by atoms with E-state index in [0.717, 1.165) is 19.5 Å². The minimum Gasteiger partial charge on any atom is -0.268 e. The first kappa shape index (κ1) is 20.4. The molecule has 0 aromatic rings. The van der Waals surface area contributed by atoms with Gasteiger partial charge in [-0.25, -0.2) is 4.39 Å². The fourth-order valence-electron chi connectivity index (χ4n) is 3.47. The fourth-order valence-corrected chi connectivity index (χ4v) is 3.47. The molecule has 0 saturated carbocycles.